The van der Waals surface area contributed by atoms with Crippen molar-refractivity contribution >= 4 is 17.7 Å². The summed E-state index contributed by atoms with van der Waals surface area (Å²) >= 11 is 0. The number of urea groups is 1. The lowest BCUT2D eigenvalue weighted by Crippen LogP contribution is -2.54. The minimum Gasteiger partial charge on any atom is -0.481 e. The maximum absolute atomic E-state index is 13.1. The molecule has 0 atom stereocenters. The van der Waals surface area contributed by atoms with Crippen LogP contribution in [0.1, 0.15) is 5.56 Å². The van der Waals surface area contributed by atoms with Gasteiger partial charge in [-0.25, -0.2) is 9.18 Å². The van der Waals surface area contributed by atoms with Crippen LogP contribution in [0.25, 0.3) is 0 Å². The number of aliphatic carboxylic acids is 1. The predicted octanol–water partition coefficient (Wildman–Crippen LogP) is 1.25. The first-order chi connectivity index (χ1) is 9.01. The molecule has 0 saturated carbocycles. The van der Waals surface area contributed by atoms with E-state index in [9.17, 15) is 14.0 Å². The molecule has 1 saturated heterocycles. The van der Waals surface area contributed by atoms with Gasteiger partial charge in [-0.05, 0) is 18.2 Å². The van der Waals surface area contributed by atoms with Gasteiger partial charge >= 0.3 is 12.0 Å². The fourth-order valence-corrected chi connectivity index (χ4v) is 1.69. The Bertz CT molecular complexity index is 576. The number of carbonyl (C=O) groups is 2. The molecule has 0 aliphatic carbocycles. The number of rotatable bonds is 2. The van der Waals surface area contributed by atoms with Crippen molar-refractivity contribution in [2.24, 2.45) is 5.92 Å². The predicted molar refractivity (Wildman–Crippen MR) is 62.8 cm³/mol. The lowest BCUT2D eigenvalue weighted by atomic mass is 10.0. The molecule has 0 spiro atoms. The number of nitrogens with zero attached hydrogens (tertiary/aromatic N) is 2. The Balaban J connectivity index is 1.97. The average Bonchev–Trinajstić information content (AvgIpc) is 2.29. The Morgan fingerprint density at radius 3 is 2.74 bits per heavy atom. The fraction of sp³-hybridized carbons (Fsp3) is 0.250. The van der Waals surface area contributed by atoms with E-state index >= 15 is 0 Å². The van der Waals surface area contributed by atoms with E-state index in [4.69, 9.17) is 10.4 Å². The van der Waals surface area contributed by atoms with Crippen LogP contribution in [0, 0.1) is 23.1 Å². The van der Waals surface area contributed by atoms with Crippen LogP contribution in [-0.2, 0) is 4.79 Å². The second kappa shape index (κ2) is 4.94. The van der Waals surface area contributed by atoms with E-state index in [0.717, 1.165) is 6.07 Å². The molecule has 2 N–H and O–H groups in total. The standard InChI is InChI=1S/C12H10FN3O3/c13-10-2-1-9(3-7(10)4-14)15-12(19)16-5-8(6-16)11(17)18/h1-3,8H,5-6H2,(H,15,19)(H,17,18). The highest BCUT2D eigenvalue weighted by Gasteiger charge is 2.35. The average molecular weight is 263 g/mol. The van der Waals surface area contributed by atoms with Crippen molar-refractivity contribution in [1.29, 1.82) is 5.26 Å². The Morgan fingerprint density at radius 1 is 1.47 bits per heavy atom. The Labute approximate surface area is 108 Å². The van der Waals surface area contributed by atoms with Gasteiger partial charge in [0.1, 0.15) is 11.9 Å². The highest BCUT2D eigenvalue weighted by atomic mass is 19.1. The summed E-state index contributed by atoms with van der Waals surface area (Å²) in [6, 6.07) is 4.85. The summed E-state index contributed by atoms with van der Waals surface area (Å²) < 4.78 is 13.1. The number of hydrogen-bond acceptors (Lipinski definition) is 3. The van der Waals surface area contributed by atoms with Crippen LogP contribution in [0.15, 0.2) is 18.2 Å². The second-order valence-corrected chi connectivity index (χ2v) is 4.18. The van der Waals surface area contributed by atoms with Gasteiger partial charge in [-0.1, -0.05) is 0 Å². The monoisotopic (exact) mass is 263 g/mol. The van der Waals surface area contributed by atoms with Gasteiger partial charge in [0, 0.05) is 18.8 Å². The Morgan fingerprint density at radius 2 is 2.16 bits per heavy atom. The molecule has 1 aromatic rings. The number of likely N-dealkylation sites (tertiary alicyclic amines) is 1. The van der Waals surface area contributed by atoms with Crippen molar-refractivity contribution in [1.82, 2.24) is 4.90 Å². The van der Waals surface area contributed by atoms with E-state index < -0.39 is 23.7 Å². The maximum Gasteiger partial charge on any atom is 0.321 e. The number of carboxylic acids is 1. The van der Waals surface area contributed by atoms with Crippen LogP contribution in [0.2, 0.25) is 0 Å². The van der Waals surface area contributed by atoms with Gasteiger partial charge in [-0.3, -0.25) is 4.79 Å². The number of carbonyl (C=O) groups excluding carboxylic acids is 1. The van der Waals surface area contributed by atoms with E-state index in [-0.39, 0.29) is 18.7 Å². The van der Waals surface area contributed by atoms with Gasteiger partial charge in [-0.2, -0.15) is 5.26 Å². The molecule has 6 nitrogen and oxygen atoms in total. The largest absolute Gasteiger partial charge is 0.481 e. The van der Waals surface area contributed by atoms with Crippen molar-refractivity contribution in [2.75, 3.05) is 18.4 Å². The highest BCUT2D eigenvalue weighted by molar-refractivity contribution is 5.91. The Hall–Kier alpha value is -2.62. The number of nitrogens with one attached hydrogen (secondary N) is 1. The lowest BCUT2D eigenvalue weighted by Gasteiger charge is -2.36. The molecule has 1 heterocycles. The van der Waals surface area contributed by atoms with E-state index in [1.54, 1.807) is 6.07 Å². The van der Waals surface area contributed by atoms with Crippen LogP contribution < -0.4 is 5.32 Å². The number of halogens is 1. The van der Waals surface area contributed by atoms with Gasteiger partial charge in [0.2, 0.25) is 0 Å². The first kappa shape index (κ1) is 12.8. The molecule has 1 fully saturated rings. The minimum absolute atomic E-state index is 0.146. The summed E-state index contributed by atoms with van der Waals surface area (Å²) in [5, 5.41) is 19.8. The third kappa shape index (κ3) is 2.63. The van der Waals surface area contributed by atoms with Crippen molar-refractivity contribution < 1.29 is 19.1 Å². The summed E-state index contributed by atoms with van der Waals surface area (Å²) in [4.78, 5) is 23.6. The highest BCUT2D eigenvalue weighted by Crippen LogP contribution is 2.19. The molecule has 2 amide bonds. The first-order valence-corrected chi connectivity index (χ1v) is 5.49. The molecule has 19 heavy (non-hydrogen) atoms. The lowest BCUT2D eigenvalue weighted by molar-refractivity contribution is -0.145. The van der Waals surface area contributed by atoms with Crippen LogP contribution in [0.4, 0.5) is 14.9 Å². The van der Waals surface area contributed by atoms with E-state index in [1.807, 2.05) is 0 Å². The van der Waals surface area contributed by atoms with Crippen molar-refractivity contribution in [3.63, 3.8) is 0 Å². The van der Waals surface area contributed by atoms with Gasteiger partial charge in [-0.15, -0.1) is 0 Å². The summed E-state index contributed by atoms with van der Waals surface area (Å²) in [5.41, 5.74) is 0.131. The van der Waals surface area contributed by atoms with Gasteiger partial charge in [0.15, 0.2) is 0 Å². The molecular weight excluding hydrogens is 253 g/mol. The minimum atomic E-state index is -0.933. The van der Waals surface area contributed by atoms with Crippen LogP contribution in [-0.4, -0.2) is 35.1 Å². The number of nitriles is 1. The zero-order valence-corrected chi connectivity index (χ0v) is 9.76. The number of benzene rings is 1. The van der Waals surface area contributed by atoms with E-state index in [1.165, 1.54) is 17.0 Å². The van der Waals surface area contributed by atoms with E-state index in [0.29, 0.717) is 5.69 Å². The number of carboxylic acid groups (broad SMARTS) is 1. The van der Waals surface area contributed by atoms with Crippen molar-refractivity contribution in [3.05, 3.63) is 29.6 Å². The molecule has 1 aliphatic rings. The first-order valence-electron chi connectivity index (χ1n) is 5.49. The third-order valence-electron chi connectivity index (χ3n) is 2.86. The molecule has 98 valence electrons. The molecule has 0 unspecified atom stereocenters. The second-order valence-electron chi connectivity index (χ2n) is 4.18. The van der Waals surface area contributed by atoms with Gasteiger partial charge < -0.3 is 15.3 Å². The van der Waals surface area contributed by atoms with Gasteiger partial charge in [0.25, 0.3) is 0 Å². The Kier molecular flexibility index (Phi) is 3.33. The summed E-state index contributed by atoms with van der Waals surface area (Å²) in [6.07, 6.45) is 0. The molecule has 0 radical (unpaired) electrons. The van der Waals surface area contributed by atoms with Crippen LogP contribution in [0.3, 0.4) is 0 Å². The van der Waals surface area contributed by atoms with Crippen LogP contribution in [0.5, 0.6) is 0 Å². The molecule has 1 aliphatic heterocycles. The topological polar surface area (TPSA) is 93.4 Å². The SMILES string of the molecule is N#Cc1cc(NC(=O)N2CC(C(=O)O)C2)ccc1F. The molecule has 0 aromatic heterocycles. The maximum atomic E-state index is 13.1. The summed E-state index contributed by atoms with van der Waals surface area (Å²) in [6.45, 7) is 0.293. The quantitative estimate of drug-likeness (QED) is 0.839. The zero-order chi connectivity index (χ0) is 14.0. The fourth-order valence-electron chi connectivity index (χ4n) is 1.69. The number of hydrogen-bond donors (Lipinski definition) is 2. The molecule has 0 bridgehead atoms. The molecule has 2 rings (SSSR count). The smallest absolute Gasteiger partial charge is 0.321 e. The third-order valence-corrected chi connectivity index (χ3v) is 2.86. The molecule has 7 heteroatoms. The van der Waals surface area contributed by atoms with Gasteiger partial charge in [0.05, 0.1) is 11.5 Å². The number of anilines is 1. The summed E-state index contributed by atoms with van der Waals surface area (Å²) in [5.74, 6) is -2.12. The van der Waals surface area contributed by atoms with E-state index in [2.05, 4.69) is 5.32 Å². The molecule has 1 aromatic carbocycles. The normalized spacial score (nSPS) is 14.4. The molecular formula is C12H10FN3O3. The number of amides is 2. The van der Waals surface area contributed by atoms with Crippen molar-refractivity contribution in [2.45, 2.75) is 0 Å². The van der Waals surface area contributed by atoms with Crippen molar-refractivity contribution in [3.8, 4) is 6.07 Å². The summed E-state index contributed by atoms with van der Waals surface area (Å²) in [7, 11) is 0. The zero-order valence-electron chi connectivity index (χ0n) is 9.76. The van der Waals surface area contributed by atoms with Crippen LogP contribution >= 0.6 is 0 Å².